The molecule has 4 aromatic carbocycles. The van der Waals surface area contributed by atoms with Gasteiger partial charge in [0.05, 0.1) is 39.8 Å². The summed E-state index contributed by atoms with van der Waals surface area (Å²) in [6, 6.07) is 16.8. The third-order valence-electron chi connectivity index (χ3n) is 12.3. The molecular formula is C48H44F4N8O5. The maximum absolute atomic E-state index is 14.0. The van der Waals surface area contributed by atoms with E-state index in [1.807, 2.05) is 26.8 Å². The number of aryl methyl sites for hydroxylation is 4. The number of halogens is 4. The lowest BCUT2D eigenvalue weighted by molar-refractivity contribution is -0.120. The zero-order valence-electron chi connectivity index (χ0n) is 35.9. The first-order chi connectivity index (χ1) is 31.2. The summed E-state index contributed by atoms with van der Waals surface area (Å²) in [5.74, 6) is -2.19. The van der Waals surface area contributed by atoms with Crippen molar-refractivity contribution in [3.8, 4) is 22.3 Å². The minimum atomic E-state index is -1.09. The topological polar surface area (TPSA) is 166 Å². The van der Waals surface area contributed by atoms with Gasteiger partial charge in [-0.3, -0.25) is 19.3 Å². The summed E-state index contributed by atoms with van der Waals surface area (Å²) in [5.41, 5.74) is 14.1. The van der Waals surface area contributed by atoms with Crippen LogP contribution in [0.3, 0.4) is 0 Å². The second-order valence-electron chi connectivity index (χ2n) is 16.8. The van der Waals surface area contributed by atoms with E-state index < -0.39 is 35.2 Å². The molecule has 0 radical (unpaired) electrons. The van der Waals surface area contributed by atoms with Gasteiger partial charge in [-0.2, -0.15) is 0 Å². The molecule has 0 bridgehead atoms. The van der Waals surface area contributed by atoms with Gasteiger partial charge in [-0.15, -0.1) is 0 Å². The number of anilines is 4. The Bertz CT molecular complexity index is 2990. The minimum absolute atomic E-state index is 0.113. The number of rotatable bonds is 9. The molecule has 10 rings (SSSR count). The Kier molecular flexibility index (Phi) is 11.2. The molecule has 3 aliphatic rings. The summed E-state index contributed by atoms with van der Waals surface area (Å²) in [4.78, 5) is 46.0. The molecule has 17 heteroatoms. The van der Waals surface area contributed by atoms with Crippen molar-refractivity contribution in [3.05, 3.63) is 125 Å². The van der Waals surface area contributed by atoms with Gasteiger partial charge < -0.3 is 29.6 Å². The van der Waals surface area contributed by atoms with E-state index in [-0.39, 0.29) is 36.4 Å². The minimum Gasteiger partial charge on any atom is -0.397 e. The maximum Gasteiger partial charge on any atom is 0.247 e. The Balaban J connectivity index is 0.000000165. The molecule has 0 spiro atoms. The number of nitrogens with one attached hydrogen (secondary N) is 1. The van der Waals surface area contributed by atoms with Crippen molar-refractivity contribution in [2.24, 2.45) is 5.92 Å². The van der Waals surface area contributed by atoms with E-state index in [4.69, 9.17) is 19.8 Å². The van der Waals surface area contributed by atoms with Crippen LogP contribution in [0.15, 0.2) is 81.8 Å². The van der Waals surface area contributed by atoms with Crippen LogP contribution < -0.4 is 20.9 Å². The van der Waals surface area contributed by atoms with Crippen LogP contribution >= 0.6 is 0 Å². The maximum atomic E-state index is 14.0. The highest BCUT2D eigenvalue weighted by Gasteiger charge is 2.39. The molecule has 0 unspecified atom stereocenters. The standard InChI is InChI=1S/C26H24F2N4O2.C22H20F2N4O3/c1-14-25(15(2)34-30-14)17-5-8-22-21(11-17)29-26(31(22)13-16-3-4-16)23-9-10-24(33)32(23)18-6-7-19(27)20(28)12-18;1-11-21(12(2)31-27-11)13-3-6-17(25)18(9-13)26-22(30)19-7-8-20(29)28(19)14-4-5-15(23)16(24)10-14/h5-8,11-12,16,23H,3-4,9-10,13H2,1-2H3;3-6,9-10,19H,7-8,25H2,1-2H3,(H,26,30)/t23-;19-/m00/s1. The van der Waals surface area contributed by atoms with Gasteiger partial charge in [-0.1, -0.05) is 22.4 Å². The van der Waals surface area contributed by atoms with Gasteiger partial charge in [0.2, 0.25) is 17.7 Å². The van der Waals surface area contributed by atoms with E-state index in [9.17, 15) is 31.9 Å². The summed E-state index contributed by atoms with van der Waals surface area (Å²) in [7, 11) is 0. The lowest BCUT2D eigenvalue weighted by atomic mass is 10.0. The van der Waals surface area contributed by atoms with E-state index in [0.717, 1.165) is 81.4 Å². The molecule has 1 saturated carbocycles. The molecule has 13 nitrogen and oxygen atoms in total. The number of benzene rings is 4. The van der Waals surface area contributed by atoms with Crippen molar-refractivity contribution in [1.29, 1.82) is 0 Å². The average molecular weight is 889 g/mol. The fourth-order valence-corrected chi connectivity index (χ4v) is 8.91. The summed E-state index contributed by atoms with van der Waals surface area (Å²) in [6.07, 6.45) is 3.61. The van der Waals surface area contributed by atoms with Gasteiger partial charge in [0.15, 0.2) is 23.3 Å². The molecule has 65 heavy (non-hydrogen) atoms. The van der Waals surface area contributed by atoms with Crippen LogP contribution in [-0.4, -0.2) is 43.6 Å². The summed E-state index contributed by atoms with van der Waals surface area (Å²) in [6.45, 7) is 8.22. The lowest BCUT2D eigenvalue weighted by Gasteiger charge is -2.25. The van der Waals surface area contributed by atoms with Gasteiger partial charge in [0, 0.05) is 54.0 Å². The monoisotopic (exact) mass is 888 g/mol. The first kappa shape index (κ1) is 43.0. The molecule has 3 fully saturated rings. The van der Waals surface area contributed by atoms with E-state index in [1.54, 1.807) is 30.0 Å². The predicted octanol–water partition coefficient (Wildman–Crippen LogP) is 9.82. The Labute approximate surface area is 370 Å². The molecule has 7 aromatic rings. The molecule has 5 heterocycles. The van der Waals surface area contributed by atoms with Crippen LogP contribution in [0.4, 0.5) is 40.3 Å². The number of fused-ring (bicyclic) bond motifs is 1. The van der Waals surface area contributed by atoms with Crippen molar-refractivity contribution in [1.82, 2.24) is 19.9 Å². The fraction of sp³-hybridized carbons (Fsp3) is 0.292. The number of nitrogen functional groups attached to an aromatic ring is 1. The van der Waals surface area contributed by atoms with Gasteiger partial charge in [0.1, 0.15) is 23.4 Å². The van der Waals surface area contributed by atoms with Crippen molar-refractivity contribution >= 4 is 51.5 Å². The first-order valence-corrected chi connectivity index (χ1v) is 21.3. The average Bonchev–Trinajstić information content (AvgIpc) is 3.50. The molecule has 334 valence electrons. The number of carbonyl (C=O) groups excluding carboxylic acids is 3. The molecule has 2 saturated heterocycles. The zero-order chi connectivity index (χ0) is 45.8. The van der Waals surface area contributed by atoms with Crippen LogP contribution in [0, 0.1) is 56.9 Å². The Morgan fingerprint density at radius 1 is 0.708 bits per heavy atom. The predicted molar refractivity (Wildman–Crippen MR) is 235 cm³/mol. The van der Waals surface area contributed by atoms with Crippen molar-refractivity contribution in [2.45, 2.75) is 84.8 Å². The quantitative estimate of drug-likeness (QED) is 0.106. The second-order valence-corrected chi connectivity index (χ2v) is 16.8. The highest BCUT2D eigenvalue weighted by molar-refractivity contribution is 6.08. The summed E-state index contributed by atoms with van der Waals surface area (Å²) in [5, 5.41) is 10.8. The fourth-order valence-electron chi connectivity index (χ4n) is 8.91. The molecule has 3 aromatic heterocycles. The largest absolute Gasteiger partial charge is 0.397 e. The van der Waals surface area contributed by atoms with Crippen LogP contribution in [0.2, 0.25) is 0 Å². The van der Waals surface area contributed by atoms with E-state index in [0.29, 0.717) is 47.3 Å². The third kappa shape index (κ3) is 8.22. The first-order valence-electron chi connectivity index (χ1n) is 21.3. The van der Waals surface area contributed by atoms with Gasteiger partial charge in [-0.05, 0) is 119 Å². The highest BCUT2D eigenvalue weighted by atomic mass is 19.2. The van der Waals surface area contributed by atoms with E-state index in [1.165, 1.54) is 29.9 Å². The van der Waals surface area contributed by atoms with Crippen LogP contribution in [0.1, 0.15) is 73.3 Å². The molecule has 1 aliphatic carbocycles. The number of nitrogens with two attached hydrogens (primary N) is 1. The van der Waals surface area contributed by atoms with Crippen LogP contribution in [0.25, 0.3) is 33.3 Å². The zero-order valence-corrected chi connectivity index (χ0v) is 35.9. The number of hydrogen-bond donors (Lipinski definition) is 2. The van der Waals surface area contributed by atoms with Crippen LogP contribution in [0.5, 0.6) is 0 Å². The molecule has 2 atom stereocenters. The molecule has 3 amide bonds. The number of carbonyl (C=O) groups is 3. The highest BCUT2D eigenvalue weighted by Crippen LogP contribution is 2.41. The van der Waals surface area contributed by atoms with Crippen LogP contribution in [-0.2, 0) is 20.9 Å². The van der Waals surface area contributed by atoms with Crippen molar-refractivity contribution in [2.75, 3.05) is 20.9 Å². The number of nitrogens with zero attached hydrogens (tertiary/aromatic N) is 6. The van der Waals surface area contributed by atoms with Gasteiger partial charge >= 0.3 is 0 Å². The SMILES string of the molecule is Cc1noc(C)c1-c1ccc(N)c(NC(=O)[C@@H]2CCC(=O)N2c2ccc(F)c(F)c2)c1.Cc1noc(C)c1-c1ccc2c(c1)nc([C@@H]1CCC(=O)N1c1ccc(F)c(F)c1)n2CC1CC1. The summed E-state index contributed by atoms with van der Waals surface area (Å²) >= 11 is 0. The lowest BCUT2D eigenvalue weighted by Crippen LogP contribution is -2.42. The number of aromatic nitrogens is 4. The number of amides is 3. The Hall–Kier alpha value is -7.30. The number of hydrogen-bond acceptors (Lipinski definition) is 9. The Morgan fingerprint density at radius 2 is 1.28 bits per heavy atom. The third-order valence-corrected chi connectivity index (χ3v) is 12.3. The second kappa shape index (κ2) is 17.0. The molecule has 3 N–H and O–H groups in total. The molecular weight excluding hydrogens is 845 g/mol. The smallest absolute Gasteiger partial charge is 0.247 e. The summed E-state index contributed by atoms with van der Waals surface area (Å²) < 4.78 is 67.3. The van der Waals surface area contributed by atoms with Gasteiger partial charge in [0.25, 0.3) is 0 Å². The Morgan fingerprint density at radius 3 is 1.86 bits per heavy atom. The normalized spacial score (nSPS) is 17.3. The number of imidazole rings is 1. The van der Waals surface area contributed by atoms with Crippen molar-refractivity contribution < 1.29 is 41.0 Å². The van der Waals surface area contributed by atoms with Crippen molar-refractivity contribution in [3.63, 3.8) is 0 Å². The van der Waals surface area contributed by atoms with E-state index >= 15 is 0 Å². The van der Waals surface area contributed by atoms with Gasteiger partial charge in [-0.25, -0.2) is 22.5 Å². The van der Waals surface area contributed by atoms with E-state index in [2.05, 4.69) is 32.3 Å². The molecule has 2 aliphatic heterocycles.